The SMILES string of the molecule is Cl.Nc1ccccc1NC(=O)CCN1C(=O)C2C3CCC(O3)C2C1=O. The number of fused-ring (bicyclic) bond motifs is 5. The lowest BCUT2D eigenvalue weighted by molar-refractivity contribution is -0.142. The average molecular weight is 366 g/mol. The van der Waals surface area contributed by atoms with Crippen molar-refractivity contribution in [2.24, 2.45) is 11.8 Å². The minimum Gasteiger partial charge on any atom is -0.397 e. The highest BCUT2D eigenvalue weighted by atomic mass is 35.5. The number of amides is 3. The molecule has 3 heterocycles. The fraction of sp³-hybridized carbons (Fsp3) is 0.471. The van der Waals surface area contributed by atoms with E-state index in [1.165, 1.54) is 4.90 Å². The summed E-state index contributed by atoms with van der Waals surface area (Å²) >= 11 is 0. The molecule has 4 rings (SSSR count). The van der Waals surface area contributed by atoms with Gasteiger partial charge in [0.05, 0.1) is 35.4 Å². The van der Waals surface area contributed by atoms with Gasteiger partial charge in [0, 0.05) is 13.0 Å². The first-order valence-electron chi connectivity index (χ1n) is 8.21. The number of hydrogen-bond donors (Lipinski definition) is 2. The number of nitrogens with two attached hydrogens (primary N) is 1. The van der Waals surface area contributed by atoms with E-state index < -0.39 is 0 Å². The van der Waals surface area contributed by atoms with E-state index in [1.807, 2.05) is 0 Å². The van der Waals surface area contributed by atoms with Gasteiger partial charge in [-0.2, -0.15) is 0 Å². The fourth-order valence-corrected chi connectivity index (χ4v) is 4.03. The van der Waals surface area contributed by atoms with Crippen LogP contribution in [0.5, 0.6) is 0 Å². The summed E-state index contributed by atoms with van der Waals surface area (Å²) in [5.74, 6) is -1.34. The molecule has 0 spiro atoms. The Morgan fingerprint density at radius 3 is 2.36 bits per heavy atom. The summed E-state index contributed by atoms with van der Waals surface area (Å²) in [5, 5.41) is 2.71. The summed E-state index contributed by atoms with van der Waals surface area (Å²) in [6.07, 6.45) is 1.49. The van der Waals surface area contributed by atoms with Crippen molar-refractivity contribution in [3.8, 4) is 0 Å². The van der Waals surface area contributed by atoms with Gasteiger partial charge in [-0.05, 0) is 25.0 Å². The smallest absolute Gasteiger partial charge is 0.235 e. The van der Waals surface area contributed by atoms with Crippen molar-refractivity contribution in [2.45, 2.75) is 31.5 Å². The van der Waals surface area contributed by atoms with Crippen molar-refractivity contribution in [3.05, 3.63) is 24.3 Å². The number of benzene rings is 1. The van der Waals surface area contributed by atoms with Crippen LogP contribution in [0.15, 0.2) is 24.3 Å². The van der Waals surface area contributed by atoms with Crippen molar-refractivity contribution >= 4 is 41.5 Å². The highest BCUT2D eigenvalue weighted by molar-refractivity contribution is 6.06. The average Bonchev–Trinajstić information content (AvgIpc) is 3.23. The van der Waals surface area contributed by atoms with Crippen LogP contribution in [0.4, 0.5) is 11.4 Å². The minimum atomic E-state index is -0.343. The van der Waals surface area contributed by atoms with Gasteiger partial charge in [-0.15, -0.1) is 12.4 Å². The Bertz CT molecular complexity index is 698. The van der Waals surface area contributed by atoms with E-state index in [2.05, 4.69) is 5.32 Å². The Labute approximate surface area is 151 Å². The number of rotatable bonds is 4. The van der Waals surface area contributed by atoms with Crippen LogP contribution in [0.1, 0.15) is 19.3 Å². The van der Waals surface area contributed by atoms with Crippen LogP contribution < -0.4 is 11.1 Å². The topological polar surface area (TPSA) is 102 Å². The zero-order chi connectivity index (χ0) is 16.8. The lowest BCUT2D eigenvalue weighted by atomic mass is 9.81. The number of para-hydroxylation sites is 2. The number of hydrogen-bond acceptors (Lipinski definition) is 5. The van der Waals surface area contributed by atoms with Gasteiger partial charge in [0.25, 0.3) is 0 Å². The molecule has 7 nitrogen and oxygen atoms in total. The van der Waals surface area contributed by atoms with Gasteiger partial charge in [-0.3, -0.25) is 19.3 Å². The molecule has 0 saturated carbocycles. The molecular formula is C17H20ClN3O4. The first-order chi connectivity index (χ1) is 11.6. The van der Waals surface area contributed by atoms with E-state index in [0.717, 1.165) is 12.8 Å². The number of nitrogen functional groups attached to an aromatic ring is 1. The van der Waals surface area contributed by atoms with E-state index >= 15 is 0 Å². The van der Waals surface area contributed by atoms with Crippen LogP contribution in [0, 0.1) is 11.8 Å². The molecule has 3 aliphatic heterocycles. The number of carbonyl (C=O) groups is 3. The molecule has 3 amide bonds. The predicted molar refractivity (Wildman–Crippen MR) is 92.9 cm³/mol. The van der Waals surface area contributed by atoms with Gasteiger partial charge >= 0.3 is 0 Å². The summed E-state index contributed by atoms with van der Waals surface area (Å²) in [6, 6.07) is 6.96. The monoisotopic (exact) mass is 365 g/mol. The zero-order valence-electron chi connectivity index (χ0n) is 13.5. The second-order valence-corrected chi connectivity index (χ2v) is 6.56. The Morgan fingerprint density at radius 2 is 1.76 bits per heavy atom. The molecule has 0 aliphatic carbocycles. The maximum atomic E-state index is 12.5. The summed E-state index contributed by atoms with van der Waals surface area (Å²) in [5.41, 5.74) is 6.79. The molecule has 8 heteroatoms. The lowest BCUT2D eigenvalue weighted by Gasteiger charge is -2.17. The standard InChI is InChI=1S/C17H19N3O4.ClH/c18-9-3-1-2-4-10(9)19-13(21)7-8-20-16(22)14-11-5-6-12(24-11)15(14)17(20)23;/h1-4,11-12,14-15H,5-8,18H2,(H,19,21);1H. The van der Waals surface area contributed by atoms with Crippen LogP contribution in [-0.2, 0) is 19.1 Å². The molecule has 25 heavy (non-hydrogen) atoms. The molecule has 3 aliphatic rings. The highest BCUT2D eigenvalue weighted by Crippen LogP contribution is 2.48. The Morgan fingerprint density at radius 1 is 1.16 bits per heavy atom. The number of imide groups is 1. The van der Waals surface area contributed by atoms with Crippen LogP contribution in [0.25, 0.3) is 0 Å². The summed E-state index contributed by atoms with van der Waals surface area (Å²) in [4.78, 5) is 38.3. The van der Waals surface area contributed by atoms with Gasteiger partial charge in [-0.1, -0.05) is 12.1 Å². The van der Waals surface area contributed by atoms with Gasteiger partial charge in [0.15, 0.2) is 0 Å². The van der Waals surface area contributed by atoms with E-state index in [1.54, 1.807) is 24.3 Å². The third-order valence-corrected chi connectivity index (χ3v) is 5.17. The molecule has 0 radical (unpaired) electrons. The molecule has 4 unspecified atom stereocenters. The number of carbonyl (C=O) groups excluding carboxylic acids is 3. The summed E-state index contributed by atoms with van der Waals surface area (Å²) < 4.78 is 5.68. The van der Waals surface area contributed by atoms with Gasteiger partial charge in [-0.25, -0.2) is 0 Å². The van der Waals surface area contributed by atoms with Crippen molar-refractivity contribution < 1.29 is 19.1 Å². The summed E-state index contributed by atoms with van der Waals surface area (Å²) in [6.45, 7) is 0.0999. The van der Waals surface area contributed by atoms with Crippen LogP contribution in [0.2, 0.25) is 0 Å². The molecular weight excluding hydrogens is 346 g/mol. The molecule has 0 aromatic heterocycles. The maximum Gasteiger partial charge on any atom is 0.235 e. The fourth-order valence-electron chi connectivity index (χ4n) is 4.03. The molecule has 3 fully saturated rings. The Balaban J connectivity index is 0.00000182. The zero-order valence-corrected chi connectivity index (χ0v) is 14.3. The number of halogens is 1. The van der Waals surface area contributed by atoms with Gasteiger partial charge < -0.3 is 15.8 Å². The van der Waals surface area contributed by atoms with E-state index in [4.69, 9.17) is 10.5 Å². The van der Waals surface area contributed by atoms with E-state index in [-0.39, 0.29) is 67.1 Å². The largest absolute Gasteiger partial charge is 0.397 e. The van der Waals surface area contributed by atoms with E-state index in [0.29, 0.717) is 11.4 Å². The normalized spacial score (nSPS) is 29.5. The third-order valence-electron chi connectivity index (χ3n) is 5.17. The molecule has 1 aromatic carbocycles. The molecule has 2 bridgehead atoms. The third kappa shape index (κ3) is 2.87. The number of ether oxygens (including phenoxy) is 1. The summed E-state index contributed by atoms with van der Waals surface area (Å²) in [7, 11) is 0. The number of anilines is 2. The van der Waals surface area contributed by atoms with Crippen molar-refractivity contribution in [1.82, 2.24) is 4.90 Å². The quantitative estimate of drug-likeness (QED) is 0.616. The molecule has 3 N–H and O–H groups in total. The van der Waals surface area contributed by atoms with Crippen LogP contribution >= 0.6 is 12.4 Å². The first-order valence-corrected chi connectivity index (χ1v) is 8.21. The van der Waals surface area contributed by atoms with E-state index in [9.17, 15) is 14.4 Å². The second-order valence-electron chi connectivity index (χ2n) is 6.56. The Hall–Kier alpha value is -2.12. The molecule has 3 saturated heterocycles. The molecule has 1 aromatic rings. The van der Waals surface area contributed by atoms with Gasteiger partial charge in [0.1, 0.15) is 0 Å². The van der Waals surface area contributed by atoms with Crippen molar-refractivity contribution in [2.75, 3.05) is 17.6 Å². The number of nitrogens with zero attached hydrogens (tertiary/aromatic N) is 1. The number of likely N-dealkylation sites (tertiary alicyclic amines) is 1. The minimum absolute atomic E-state index is 0. The Kier molecular flexibility index (Phi) is 4.71. The van der Waals surface area contributed by atoms with Gasteiger partial charge in [0.2, 0.25) is 17.7 Å². The molecule has 134 valence electrons. The van der Waals surface area contributed by atoms with Crippen LogP contribution in [0.3, 0.4) is 0 Å². The maximum absolute atomic E-state index is 12.5. The molecule has 4 atom stereocenters. The van der Waals surface area contributed by atoms with Crippen molar-refractivity contribution in [3.63, 3.8) is 0 Å². The number of nitrogens with one attached hydrogen (secondary N) is 1. The predicted octanol–water partition coefficient (Wildman–Crippen LogP) is 1.18. The lowest BCUT2D eigenvalue weighted by Crippen LogP contribution is -2.36. The first kappa shape index (κ1) is 17.7. The van der Waals surface area contributed by atoms with Crippen LogP contribution in [-0.4, -0.2) is 41.4 Å². The highest BCUT2D eigenvalue weighted by Gasteiger charge is 2.62. The van der Waals surface area contributed by atoms with Crippen molar-refractivity contribution in [1.29, 1.82) is 0 Å². The second kappa shape index (κ2) is 6.65.